The third-order valence-corrected chi connectivity index (χ3v) is 6.90. The van der Waals surface area contributed by atoms with E-state index < -0.39 is 5.97 Å². The van der Waals surface area contributed by atoms with Gasteiger partial charge in [0.1, 0.15) is 5.82 Å². The third kappa shape index (κ3) is 5.27. The van der Waals surface area contributed by atoms with Gasteiger partial charge in [0.15, 0.2) is 5.65 Å². The molecule has 36 heavy (non-hydrogen) atoms. The molecule has 1 aliphatic heterocycles. The van der Waals surface area contributed by atoms with Crippen LogP contribution in [0.1, 0.15) is 51.7 Å². The van der Waals surface area contributed by atoms with E-state index in [9.17, 15) is 9.90 Å². The summed E-state index contributed by atoms with van der Waals surface area (Å²) in [7, 11) is 0. The largest absolute Gasteiger partial charge is 0.481 e. The first-order valence-corrected chi connectivity index (χ1v) is 12.8. The van der Waals surface area contributed by atoms with E-state index in [4.69, 9.17) is 5.10 Å². The highest BCUT2D eigenvalue weighted by Gasteiger charge is 2.29. The first-order chi connectivity index (χ1) is 17.3. The van der Waals surface area contributed by atoms with Gasteiger partial charge >= 0.3 is 5.97 Å². The van der Waals surface area contributed by atoms with Gasteiger partial charge < -0.3 is 10.0 Å². The summed E-state index contributed by atoms with van der Waals surface area (Å²) in [6.45, 7) is 12.4. The number of carboxylic acid groups (broad SMARTS) is 1. The first-order valence-electron chi connectivity index (χ1n) is 12.8. The Bertz CT molecular complexity index is 1360. The quantitative estimate of drug-likeness (QED) is 0.343. The van der Waals surface area contributed by atoms with Crippen LogP contribution in [0.5, 0.6) is 0 Å². The number of hydrogen-bond acceptors (Lipinski definition) is 4. The monoisotopic (exact) mass is 484 g/mol. The number of anilines is 1. The SMILES string of the molecule is CC.Cc1ccccc1-c1cccc(-c2cc3ncc(CC(=O)O)c(N4CCC(C)(C)CC4)n3n2)c1. The lowest BCUT2D eigenvalue weighted by Gasteiger charge is -2.38. The molecule has 0 bridgehead atoms. The lowest BCUT2D eigenvalue weighted by atomic mass is 9.82. The van der Waals surface area contributed by atoms with Gasteiger partial charge in [-0.25, -0.2) is 4.98 Å². The van der Waals surface area contributed by atoms with Crippen LogP contribution in [0.4, 0.5) is 5.82 Å². The molecular formula is C30H36N4O2. The summed E-state index contributed by atoms with van der Waals surface area (Å²) in [4.78, 5) is 18.4. The van der Waals surface area contributed by atoms with Crippen molar-refractivity contribution in [2.45, 2.75) is 53.9 Å². The fourth-order valence-corrected chi connectivity index (χ4v) is 4.79. The molecule has 0 atom stereocenters. The fraction of sp³-hybridized carbons (Fsp3) is 0.367. The Hall–Kier alpha value is -3.67. The summed E-state index contributed by atoms with van der Waals surface area (Å²) in [5, 5.41) is 14.5. The molecule has 0 aliphatic carbocycles. The normalized spacial score (nSPS) is 14.9. The number of benzene rings is 2. The third-order valence-electron chi connectivity index (χ3n) is 6.90. The van der Waals surface area contributed by atoms with Crippen LogP contribution in [0.2, 0.25) is 0 Å². The van der Waals surface area contributed by atoms with Crippen LogP contribution < -0.4 is 4.90 Å². The van der Waals surface area contributed by atoms with Crippen molar-refractivity contribution in [2.75, 3.05) is 18.0 Å². The van der Waals surface area contributed by atoms with Gasteiger partial charge in [-0.1, -0.05) is 70.2 Å². The summed E-state index contributed by atoms with van der Waals surface area (Å²) in [6.07, 6.45) is 3.73. The van der Waals surface area contributed by atoms with Crippen molar-refractivity contribution in [1.82, 2.24) is 14.6 Å². The van der Waals surface area contributed by atoms with Gasteiger partial charge in [0.2, 0.25) is 0 Å². The molecule has 1 aliphatic rings. The van der Waals surface area contributed by atoms with E-state index in [1.165, 1.54) is 11.1 Å². The predicted octanol–water partition coefficient (Wildman–Crippen LogP) is 6.65. The molecule has 2 aromatic heterocycles. The van der Waals surface area contributed by atoms with Crippen molar-refractivity contribution in [3.63, 3.8) is 0 Å². The Balaban J connectivity index is 0.00000148. The average molecular weight is 485 g/mol. The van der Waals surface area contributed by atoms with E-state index in [-0.39, 0.29) is 6.42 Å². The van der Waals surface area contributed by atoms with Gasteiger partial charge in [-0.15, -0.1) is 0 Å². The average Bonchev–Trinajstić information content (AvgIpc) is 3.30. The van der Waals surface area contributed by atoms with Gasteiger partial charge in [0.05, 0.1) is 12.1 Å². The van der Waals surface area contributed by atoms with Crippen molar-refractivity contribution in [3.05, 3.63) is 71.9 Å². The van der Waals surface area contributed by atoms with Crippen molar-refractivity contribution in [3.8, 4) is 22.4 Å². The van der Waals surface area contributed by atoms with Gasteiger partial charge in [-0.2, -0.15) is 9.61 Å². The maximum atomic E-state index is 11.6. The van der Waals surface area contributed by atoms with Crippen molar-refractivity contribution < 1.29 is 9.90 Å². The van der Waals surface area contributed by atoms with Crippen molar-refractivity contribution in [2.24, 2.45) is 5.41 Å². The number of nitrogens with zero attached hydrogens (tertiary/aromatic N) is 4. The highest BCUT2D eigenvalue weighted by Crippen LogP contribution is 2.35. The van der Waals surface area contributed by atoms with Crippen LogP contribution >= 0.6 is 0 Å². The number of fused-ring (bicyclic) bond motifs is 1. The molecule has 0 saturated carbocycles. The maximum absolute atomic E-state index is 11.6. The highest BCUT2D eigenvalue weighted by molar-refractivity contribution is 5.76. The number of rotatable bonds is 5. The molecule has 0 unspecified atom stereocenters. The van der Waals surface area contributed by atoms with Crippen LogP contribution in [0.3, 0.4) is 0 Å². The molecule has 0 spiro atoms. The summed E-state index contributed by atoms with van der Waals surface area (Å²) in [5.41, 5.74) is 7.13. The van der Waals surface area contributed by atoms with E-state index in [0.717, 1.165) is 54.2 Å². The predicted molar refractivity (Wildman–Crippen MR) is 147 cm³/mol. The van der Waals surface area contributed by atoms with E-state index in [0.29, 0.717) is 11.0 Å². The summed E-state index contributed by atoms with van der Waals surface area (Å²) in [6, 6.07) is 18.7. The van der Waals surface area contributed by atoms with Gasteiger partial charge in [-0.3, -0.25) is 4.79 Å². The second-order valence-electron chi connectivity index (χ2n) is 10.0. The van der Waals surface area contributed by atoms with E-state index >= 15 is 0 Å². The Labute approximate surface area is 213 Å². The highest BCUT2D eigenvalue weighted by atomic mass is 16.4. The lowest BCUT2D eigenvalue weighted by Crippen LogP contribution is -2.39. The minimum Gasteiger partial charge on any atom is -0.481 e. The van der Waals surface area contributed by atoms with E-state index in [1.807, 2.05) is 24.4 Å². The molecule has 6 nitrogen and oxygen atoms in total. The maximum Gasteiger partial charge on any atom is 0.308 e. The lowest BCUT2D eigenvalue weighted by molar-refractivity contribution is -0.136. The Morgan fingerprint density at radius 1 is 1.00 bits per heavy atom. The molecule has 0 amide bonds. The Morgan fingerprint density at radius 2 is 1.69 bits per heavy atom. The molecule has 2 aromatic carbocycles. The van der Waals surface area contributed by atoms with E-state index in [2.05, 4.69) is 79.2 Å². The molecule has 0 radical (unpaired) electrons. The molecular weight excluding hydrogens is 448 g/mol. The molecule has 188 valence electrons. The number of aliphatic carboxylic acids is 1. The smallest absolute Gasteiger partial charge is 0.308 e. The van der Waals surface area contributed by atoms with Crippen LogP contribution in [-0.2, 0) is 11.2 Å². The minimum absolute atomic E-state index is 0.0733. The zero-order chi connectivity index (χ0) is 25.9. The number of aromatic nitrogens is 3. The second-order valence-corrected chi connectivity index (χ2v) is 10.0. The number of piperidine rings is 1. The standard InChI is InChI=1S/C28H30N4O2.C2H6/c1-19-7-4-5-10-23(19)20-8-6-9-21(15-20)24-17-25-29-18-22(16-26(33)34)27(32(25)30-24)31-13-11-28(2,3)12-14-31;1-2/h4-10,15,17-18H,11-14,16H2,1-3H3,(H,33,34);1-2H3. The molecule has 1 saturated heterocycles. The molecule has 6 heteroatoms. The molecule has 3 heterocycles. The van der Waals surface area contributed by atoms with Gasteiger partial charge in [0.25, 0.3) is 0 Å². The van der Waals surface area contributed by atoms with Gasteiger partial charge in [-0.05, 0) is 47.9 Å². The zero-order valence-corrected chi connectivity index (χ0v) is 22.0. The fourth-order valence-electron chi connectivity index (χ4n) is 4.79. The number of carbonyl (C=O) groups is 1. The summed E-state index contributed by atoms with van der Waals surface area (Å²) >= 11 is 0. The van der Waals surface area contributed by atoms with Crippen LogP contribution in [0.25, 0.3) is 28.0 Å². The van der Waals surface area contributed by atoms with Crippen LogP contribution in [-0.4, -0.2) is 38.8 Å². The summed E-state index contributed by atoms with van der Waals surface area (Å²) < 4.78 is 1.84. The number of hydrogen-bond donors (Lipinski definition) is 1. The van der Waals surface area contributed by atoms with E-state index in [1.54, 1.807) is 6.20 Å². The molecule has 1 fully saturated rings. The Kier molecular flexibility index (Phi) is 7.43. The van der Waals surface area contributed by atoms with Crippen LogP contribution in [0, 0.1) is 12.3 Å². The summed E-state index contributed by atoms with van der Waals surface area (Å²) in [5.74, 6) is -0.0118. The van der Waals surface area contributed by atoms with Crippen molar-refractivity contribution >= 4 is 17.4 Å². The Morgan fingerprint density at radius 3 is 2.39 bits per heavy atom. The zero-order valence-electron chi connectivity index (χ0n) is 22.0. The number of aryl methyl sites for hydroxylation is 1. The first kappa shape index (κ1) is 25.4. The molecule has 5 rings (SSSR count). The van der Waals surface area contributed by atoms with Crippen LogP contribution in [0.15, 0.2) is 60.8 Å². The second kappa shape index (κ2) is 10.5. The molecule has 4 aromatic rings. The minimum atomic E-state index is -0.863. The molecule has 1 N–H and O–H groups in total. The van der Waals surface area contributed by atoms with Gasteiger partial charge in [0, 0.05) is 36.5 Å². The van der Waals surface area contributed by atoms with Crippen molar-refractivity contribution in [1.29, 1.82) is 0 Å². The topological polar surface area (TPSA) is 70.7 Å². The number of carboxylic acids is 1.